The lowest BCUT2D eigenvalue weighted by molar-refractivity contribution is -0.134. The van der Waals surface area contributed by atoms with Crippen molar-refractivity contribution in [2.75, 3.05) is 12.9 Å². The Morgan fingerprint density at radius 1 is 1.06 bits per heavy atom. The highest BCUT2D eigenvalue weighted by Crippen LogP contribution is 2.30. The van der Waals surface area contributed by atoms with E-state index in [1.165, 1.54) is 18.2 Å². The molecular weight excluding hydrogens is 408 g/mol. The van der Waals surface area contributed by atoms with E-state index >= 15 is 0 Å². The summed E-state index contributed by atoms with van der Waals surface area (Å²) in [6.07, 6.45) is 3.33. The van der Waals surface area contributed by atoms with Gasteiger partial charge in [-0.05, 0) is 57.4 Å². The fourth-order valence-corrected chi connectivity index (χ4v) is 5.06. The van der Waals surface area contributed by atoms with Crippen LogP contribution in [0, 0.1) is 0 Å². The van der Waals surface area contributed by atoms with Crippen molar-refractivity contribution in [2.45, 2.75) is 50.4 Å². The van der Waals surface area contributed by atoms with Crippen LogP contribution in [-0.2, 0) is 4.79 Å². The number of benzene rings is 2. The molecule has 0 radical (unpaired) electrons. The van der Waals surface area contributed by atoms with Gasteiger partial charge in [-0.3, -0.25) is 9.36 Å². The Balaban J connectivity index is 1.63. The molecule has 1 amide bonds. The maximum absolute atomic E-state index is 13.0. The number of ether oxygens (including phenoxy) is 1. The quantitative estimate of drug-likeness (QED) is 0.518. The molecule has 0 saturated carbocycles. The number of hydrogen-bond acceptors (Lipinski definition) is 5. The average Bonchev–Trinajstić information content (AvgIpc) is 3.22. The molecule has 1 saturated heterocycles. The number of amides is 1. The Morgan fingerprint density at radius 3 is 2.52 bits per heavy atom. The van der Waals surface area contributed by atoms with Gasteiger partial charge in [0.15, 0.2) is 11.0 Å². The number of aromatic nitrogens is 3. The van der Waals surface area contributed by atoms with E-state index < -0.39 is 0 Å². The van der Waals surface area contributed by atoms with Gasteiger partial charge < -0.3 is 9.64 Å². The number of carbonyl (C=O) groups is 1. The van der Waals surface area contributed by atoms with Crippen LogP contribution in [0.5, 0.6) is 5.75 Å². The summed E-state index contributed by atoms with van der Waals surface area (Å²) in [5.41, 5.74) is 1.87. The zero-order chi connectivity index (χ0) is 21.8. The highest BCUT2D eigenvalue weighted by Gasteiger charge is 2.29. The average molecular weight is 437 g/mol. The van der Waals surface area contributed by atoms with Crippen molar-refractivity contribution in [1.29, 1.82) is 0 Å². The summed E-state index contributed by atoms with van der Waals surface area (Å²) in [4.78, 5) is 15.1. The van der Waals surface area contributed by atoms with Crippen molar-refractivity contribution in [1.82, 2.24) is 19.7 Å². The molecule has 0 N–H and O–H groups in total. The first-order chi connectivity index (χ1) is 15.1. The Kier molecular flexibility index (Phi) is 6.61. The van der Waals surface area contributed by atoms with Crippen molar-refractivity contribution < 1.29 is 9.53 Å². The summed E-state index contributed by atoms with van der Waals surface area (Å²) >= 11 is 1.44. The largest absolute Gasteiger partial charge is 0.497 e. The van der Waals surface area contributed by atoms with Crippen LogP contribution in [0.3, 0.4) is 0 Å². The minimum Gasteiger partial charge on any atom is -0.497 e. The molecule has 2 unspecified atom stereocenters. The van der Waals surface area contributed by atoms with Crippen LogP contribution in [0.2, 0.25) is 0 Å². The third kappa shape index (κ3) is 4.61. The van der Waals surface area contributed by atoms with Crippen LogP contribution >= 0.6 is 11.8 Å². The first kappa shape index (κ1) is 21.4. The van der Waals surface area contributed by atoms with E-state index in [-0.39, 0.29) is 18.0 Å². The molecule has 1 aliphatic heterocycles. The number of likely N-dealkylation sites (tertiary alicyclic amines) is 1. The van der Waals surface area contributed by atoms with Crippen molar-refractivity contribution in [3.63, 3.8) is 0 Å². The van der Waals surface area contributed by atoms with E-state index in [0.29, 0.717) is 10.9 Å². The monoisotopic (exact) mass is 436 g/mol. The lowest BCUT2D eigenvalue weighted by atomic mass is 9.98. The predicted molar refractivity (Wildman–Crippen MR) is 124 cm³/mol. The van der Waals surface area contributed by atoms with E-state index in [1.807, 2.05) is 64.1 Å². The Bertz CT molecular complexity index is 1030. The third-order valence-corrected chi connectivity index (χ3v) is 6.70. The molecule has 162 valence electrons. The molecule has 2 aromatic carbocycles. The van der Waals surface area contributed by atoms with Gasteiger partial charge in [0, 0.05) is 23.3 Å². The van der Waals surface area contributed by atoms with E-state index in [1.54, 1.807) is 7.11 Å². The second-order valence-electron chi connectivity index (χ2n) is 7.93. The molecule has 6 nitrogen and oxygen atoms in total. The summed E-state index contributed by atoms with van der Waals surface area (Å²) in [5.74, 6) is 1.99. The molecule has 0 aliphatic carbocycles. The minimum atomic E-state index is 0.162. The van der Waals surface area contributed by atoms with Crippen molar-refractivity contribution in [3.05, 3.63) is 54.6 Å². The fourth-order valence-electron chi connectivity index (χ4n) is 4.24. The molecule has 1 fully saturated rings. The fraction of sp³-hybridized carbons (Fsp3) is 0.375. The maximum Gasteiger partial charge on any atom is 0.233 e. The first-order valence-corrected chi connectivity index (χ1v) is 11.7. The molecule has 0 bridgehead atoms. The molecule has 3 aromatic rings. The number of thioether (sulfide) groups is 1. The molecule has 2 atom stereocenters. The van der Waals surface area contributed by atoms with E-state index in [2.05, 4.69) is 24.0 Å². The summed E-state index contributed by atoms with van der Waals surface area (Å²) in [6.45, 7) is 4.29. The molecule has 0 spiro atoms. The molecule has 7 heteroatoms. The summed E-state index contributed by atoms with van der Waals surface area (Å²) in [5, 5.41) is 9.62. The van der Waals surface area contributed by atoms with Gasteiger partial charge in [0.25, 0.3) is 0 Å². The van der Waals surface area contributed by atoms with Crippen LogP contribution in [0.1, 0.15) is 33.1 Å². The number of para-hydroxylation sites is 1. The number of hydrogen-bond donors (Lipinski definition) is 0. The van der Waals surface area contributed by atoms with Gasteiger partial charge in [0.2, 0.25) is 5.91 Å². The van der Waals surface area contributed by atoms with E-state index in [0.717, 1.165) is 35.7 Å². The van der Waals surface area contributed by atoms with Crippen LogP contribution < -0.4 is 4.74 Å². The normalized spacial score (nSPS) is 18.7. The predicted octanol–water partition coefficient (Wildman–Crippen LogP) is 4.82. The standard InChI is InChI=1S/C24H28N4O2S/c1-17-9-7-10-18(2)27(17)22(29)16-31-24-26-25-23(19-11-8-14-21(15-19)30-3)28(24)20-12-5-4-6-13-20/h4-6,8,11-15,17-18H,7,9-10,16H2,1-3H3. The number of methoxy groups -OCH3 is 1. The first-order valence-electron chi connectivity index (χ1n) is 10.7. The highest BCUT2D eigenvalue weighted by molar-refractivity contribution is 7.99. The van der Waals surface area contributed by atoms with Crippen molar-refractivity contribution in [3.8, 4) is 22.8 Å². The highest BCUT2D eigenvalue weighted by atomic mass is 32.2. The Morgan fingerprint density at radius 2 is 1.81 bits per heavy atom. The number of carbonyl (C=O) groups excluding carboxylic acids is 1. The van der Waals surface area contributed by atoms with Gasteiger partial charge in [-0.25, -0.2) is 0 Å². The summed E-state index contributed by atoms with van der Waals surface area (Å²) in [6, 6.07) is 18.4. The lowest BCUT2D eigenvalue weighted by Gasteiger charge is -2.39. The van der Waals surface area contributed by atoms with Crippen molar-refractivity contribution >= 4 is 17.7 Å². The Hall–Kier alpha value is -2.80. The number of rotatable bonds is 6. The van der Waals surface area contributed by atoms with Gasteiger partial charge in [0.05, 0.1) is 12.9 Å². The van der Waals surface area contributed by atoms with Crippen LogP contribution in [0.4, 0.5) is 0 Å². The topological polar surface area (TPSA) is 60.3 Å². The molecule has 1 aromatic heterocycles. The van der Waals surface area contributed by atoms with Gasteiger partial charge in [-0.15, -0.1) is 10.2 Å². The van der Waals surface area contributed by atoms with Gasteiger partial charge in [-0.1, -0.05) is 42.1 Å². The second-order valence-corrected chi connectivity index (χ2v) is 8.87. The molecule has 1 aliphatic rings. The SMILES string of the molecule is COc1cccc(-c2nnc(SCC(=O)N3C(C)CCCC3C)n2-c2ccccc2)c1. The third-order valence-electron chi connectivity index (χ3n) is 5.78. The van der Waals surface area contributed by atoms with Crippen LogP contribution in [0.15, 0.2) is 59.8 Å². The number of piperidine rings is 1. The molecule has 31 heavy (non-hydrogen) atoms. The summed E-state index contributed by atoms with van der Waals surface area (Å²) in [7, 11) is 1.65. The van der Waals surface area contributed by atoms with Gasteiger partial charge >= 0.3 is 0 Å². The zero-order valence-electron chi connectivity index (χ0n) is 18.2. The van der Waals surface area contributed by atoms with Crippen LogP contribution in [0.25, 0.3) is 17.1 Å². The van der Waals surface area contributed by atoms with Gasteiger partial charge in [-0.2, -0.15) is 0 Å². The number of nitrogens with zero attached hydrogens (tertiary/aromatic N) is 4. The smallest absolute Gasteiger partial charge is 0.233 e. The maximum atomic E-state index is 13.0. The summed E-state index contributed by atoms with van der Waals surface area (Å²) < 4.78 is 7.39. The van der Waals surface area contributed by atoms with Crippen molar-refractivity contribution in [2.24, 2.45) is 0 Å². The minimum absolute atomic E-state index is 0.162. The molecule has 2 heterocycles. The van der Waals surface area contributed by atoms with E-state index in [4.69, 9.17) is 4.74 Å². The molecular formula is C24H28N4O2S. The molecule has 4 rings (SSSR count). The lowest BCUT2D eigenvalue weighted by Crippen LogP contribution is -2.48. The van der Waals surface area contributed by atoms with Gasteiger partial charge in [0.1, 0.15) is 5.75 Å². The van der Waals surface area contributed by atoms with E-state index in [9.17, 15) is 4.79 Å². The second kappa shape index (κ2) is 9.56. The zero-order valence-corrected chi connectivity index (χ0v) is 19.0. The van der Waals surface area contributed by atoms with Crippen LogP contribution in [-0.4, -0.2) is 50.5 Å². The Labute approximate surface area is 187 Å².